The molecule has 0 radical (unpaired) electrons. The topological polar surface area (TPSA) is 70.0 Å². The number of aliphatic hydroxyl groups is 1. The predicted octanol–water partition coefficient (Wildman–Crippen LogP) is 2.34. The van der Waals surface area contributed by atoms with Gasteiger partial charge in [-0.25, -0.2) is 0 Å². The first-order valence-electron chi connectivity index (χ1n) is 8.00. The summed E-state index contributed by atoms with van der Waals surface area (Å²) in [7, 11) is 0. The molecule has 5 heteroatoms. The van der Waals surface area contributed by atoms with Crippen LogP contribution in [-0.2, 0) is 11.2 Å². The summed E-state index contributed by atoms with van der Waals surface area (Å²) in [4.78, 5) is 12.6. The molecule has 23 heavy (non-hydrogen) atoms. The van der Waals surface area contributed by atoms with Crippen molar-refractivity contribution in [1.29, 1.82) is 0 Å². The Morgan fingerprint density at radius 3 is 2.78 bits per heavy atom. The number of carboxylic acid groups (broad SMARTS) is 1. The van der Waals surface area contributed by atoms with Crippen LogP contribution in [0.15, 0.2) is 36.9 Å². The molecule has 1 unspecified atom stereocenters. The van der Waals surface area contributed by atoms with E-state index >= 15 is 0 Å². The van der Waals surface area contributed by atoms with E-state index in [1.807, 2.05) is 42.2 Å². The molecule has 0 aliphatic heterocycles. The minimum Gasteiger partial charge on any atom is -0.491 e. The third-order valence-electron chi connectivity index (χ3n) is 3.42. The quantitative estimate of drug-likeness (QED) is 0.578. The highest BCUT2D eigenvalue weighted by Crippen LogP contribution is 2.19. The van der Waals surface area contributed by atoms with Crippen LogP contribution in [0.3, 0.4) is 0 Å². The molecule has 0 saturated carbocycles. The molecule has 0 aromatic heterocycles. The average molecular weight is 321 g/mol. The number of aliphatic hydroxyl groups excluding tert-OH is 1. The van der Waals surface area contributed by atoms with E-state index in [1.54, 1.807) is 0 Å². The summed E-state index contributed by atoms with van der Waals surface area (Å²) >= 11 is 0. The minimum atomic E-state index is -0.824. The molecule has 1 aromatic rings. The van der Waals surface area contributed by atoms with E-state index in [1.165, 1.54) is 0 Å². The van der Waals surface area contributed by atoms with Crippen molar-refractivity contribution in [3.8, 4) is 5.75 Å². The summed E-state index contributed by atoms with van der Waals surface area (Å²) in [6.07, 6.45) is 2.86. The normalized spacial score (nSPS) is 12.1. The zero-order chi connectivity index (χ0) is 17.1. The largest absolute Gasteiger partial charge is 0.491 e. The first-order chi connectivity index (χ1) is 11.1. The molecule has 1 rings (SSSR count). The number of nitrogens with zero attached hydrogens (tertiary/aromatic N) is 1. The van der Waals surface area contributed by atoms with E-state index in [9.17, 15) is 9.90 Å². The Morgan fingerprint density at radius 1 is 1.39 bits per heavy atom. The molecule has 1 atom stereocenters. The van der Waals surface area contributed by atoms with Gasteiger partial charge in [-0.05, 0) is 31.0 Å². The summed E-state index contributed by atoms with van der Waals surface area (Å²) in [6, 6.07) is 7.68. The molecule has 0 aliphatic carbocycles. The summed E-state index contributed by atoms with van der Waals surface area (Å²) in [5.41, 5.74) is 1.03. The molecule has 0 amide bonds. The van der Waals surface area contributed by atoms with Gasteiger partial charge in [0.1, 0.15) is 18.5 Å². The van der Waals surface area contributed by atoms with Gasteiger partial charge in [0.2, 0.25) is 0 Å². The van der Waals surface area contributed by atoms with Gasteiger partial charge in [0, 0.05) is 13.1 Å². The van der Waals surface area contributed by atoms with Crippen molar-refractivity contribution in [3.05, 3.63) is 42.5 Å². The SMILES string of the molecule is C=CCc1ccccc1OCC(O)CN(CCC)CCC(=O)O. The maximum Gasteiger partial charge on any atom is 0.304 e. The number of benzene rings is 1. The van der Waals surface area contributed by atoms with Gasteiger partial charge < -0.3 is 19.8 Å². The lowest BCUT2D eigenvalue weighted by atomic mass is 10.1. The van der Waals surface area contributed by atoms with Crippen molar-refractivity contribution in [2.24, 2.45) is 0 Å². The van der Waals surface area contributed by atoms with E-state index in [4.69, 9.17) is 9.84 Å². The van der Waals surface area contributed by atoms with Crippen molar-refractivity contribution in [1.82, 2.24) is 4.90 Å². The minimum absolute atomic E-state index is 0.0791. The number of hydrogen-bond acceptors (Lipinski definition) is 4. The number of hydrogen-bond donors (Lipinski definition) is 2. The average Bonchev–Trinajstić information content (AvgIpc) is 2.52. The highest BCUT2D eigenvalue weighted by atomic mass is 16.5. The molecule has 1 aromatic carbocycles. The van der Waals surface area contributed by atoms with Crippen molar-refractivity contribution < 1.29 is 19.7 Å². The number of carboxylic acids is 1. The molecule has 0 aliphatic rings. The lowest BCUT2D eigenvalue weighted by molar-refractivity contribution is -0.137. The molecule has 128 valence electrons. The van der Waals surface area contributed by atoms with Gasteiger partial charge in [0.05, 0.1) is 6.42 Å². The van der Waals surface area contributed by atoms with Crippen LogP contribution in [0.25, 0.3) is 0 Å². The molecule has 5 nitrogen and oxygen atoms in total. The fraction of sp³-hybridized carbons (Fsp3) is 0.500. The lowest BCUT2D eigenvalue weighted by Gasteiger charge is -2.24. The van der Waals surface area contributed by atoms with Gasteiger partial charge in [-0.1, -0.05) is 31.2 Å². The third-order valence-corrected chi connectivity index (χ3v) is 3.42. The maximum absolute atomic E-state index is 10.7. The number of ether oxygens (including phenoxy) is 1. The monoisotopic (exact) mass is 321 g/mol. The van der Waals surface area contributed by atoms with Crippen LogP contribution in [0.2, 0.25) is 0 Å². The fourth-order valence-corrected chi connectivity index (χ4v) is 2.37. The van der Waals surface area contributed by atoms with Gasteiger partial charge >= 0.3 is 5.97 Å². The molecule has 0 heterocycles. The van der Waals surface area contributed by atoms with Crippen LogP contribution in [0.1, 0.15) is 25.3 Å². The number of aliphatic carboxylic acids is 1. The summed E-state index contributed by atoms with van der Waals surface area (Å²) in [5, 5.41) is 18.9. The number of carbonyl (C=O) groups is 1. The zero-order valence-electron chi connectivity index (χ0n) is 13.8. The van der Waals surface area contributed by atoms with Crippen molar-refractivity contribution >= 4 is 5.97 Å². The van der Waals surface area contributed by atoms with E-state index < -0.39 is 12.1 Å². The van der Waals surface area contributed by atoms with Crippen molar-refractivity contribution in [2.45, 2.75) is 32.3 Å². The second-order valence-corrected chi connectivity index (χ2v) is 5.51. The zero-order valence-corrected chi connectivity index (χ0v) is 13.8. The van der Waals surface area contributed by atoms with Gasteiger partial charge in [-0.2, -0.15) is 0 Å². The van der Waals surface area contributed by atoms with Gasteiger partial charge in [-0.3, -0.25) is 4.79 Å². The van der Waals surface area contributed by atoms with E-state index in [2.05, 4.69) is 6.58 Å². The molecule has 0 spiro atoms. The van der Waals surface area contributed by atoms with E-state index in [0.717, 1.165) is 24.3 Å². The standard InChI is InChI=1S/C18H27NO4/c1-3-7-15-8-5-6-9-17(15)23-14-16(20)13-19(11-4-2)12-10-18(21)22/h3,5-6,8-9,16,20H,1,4,7,10-14H2,2H3,(H,21,22). The highest BCUT2D eigenvalue weighted by molar-refractivity contribution is 5.66. The Balaban J connectivity index is 2.49. The third kappa shape index (κ3) is 7.81. The molecular weight excluding hydrogens is 294 g/mol. The number of allylic oxidation sites excluding steroid dienone is 1. The number of rotatable bonds is 12. The van der Waals surface area contributed by atoms with Crippen LogP contribution < -0.4 is 4.74 Å². The number of para-hydroxylation sites is 1. The van der Waals surface area contributed by atoms with Crippen LogP contribution in [0, 0.1) is 0 Å². The van der Waals surface area contributed by atoms with Gasteiger partial charge in [0.15, 0.2) is 0 Å². The van der Waals surface area contributed by atoms with Crippen LogP contribution in [-0.4, -0.2) is 53.4 Å². The Bertz CT molecular complexity index is 490. The predicted molar refractivity (Wildman–Crippen MR) is 90.8 cm³/mol. The first-order valence-corrected chi connectivity index (χ1v) is 8.00. The van der Waals surface area contributed by atoms with Crippen molar-refractivity contribution in [3.63, 3.8) is 0 Å². The van der Waals surface area contributed by atoms with Crippen LogP contribution >= 0.6 is 0 Å². The van der Waals surface area contributed by atoms with Crippen LogP contribution in [0.4, 0.5) is 0 Å². The Kier molecular flexibility index (Phi) is 9.02. The Labute approximate surface area is 138 Å². The second-order valence-electron chi connectivity index (χ2n) is 5.51. The van der Waals surface area contributed by atoms with Gasteiger partial charge in [-0.15, -0.1) is 6.58 Å². The van der Waals surface area contributed by atoms with E-state index in [-0.39, 0.29) is 13.0 Å². The highest BCUT2D eigenvalue weighted by Gasteiger charge is 2.14. The van der Waals surface area contributed by atoms with E-state index in [0.29, 0.717) is 19.5 Å². The maximum atomic E-state index is 10.7. The Hall–Kier alpha value is -1.85. The fourth-order valence-electron chi connectivity index (χ4n) is 2.37. The van der Waals surface area contributed by atoms with Gasteiger partial charge in [0.25, 0.3) is 0 Å². The molecule has 2 N–H and O–H groups in total. The summed E-state index contributed by atoms with van der Waals surface area (Å²) in [5.74, 6) is -0.0748. The molecule has 0 saturated heterocycles. The smallest absolute Gasteiger partial charge is 0.304 e. The summed E-state index contributed by atoms with van der Waals surface area (Å²) < 4.78 is 5.72. The Morgan fingerprint density at radius 2 is 2.13 bits per heavy atom. The van der Waals surface area contributed by atoms with Crippen molar-refractivity contribution in [2.75, 3.05) is 26.2 Å². The molecule has 0 fully saturated rings. The molecular formula is C18H27NO4. The first kappa shape index (κ1) is 19.2. The summed E-state index contributed by atoms with van der Waals surface area (Å²) in [6.45, 7) is 7.55. The molecule has 0 bridgehead atoms. The lowest BCUT2D eigenvalue weighted by Crippen LogP contribution is -2.37. The van der Waals surface area contributed by atoms with Crippen LogP contribution in [0.5, 0.6) is 5.75 Å². The second kappa shape index (κ2) is 10.8.